The first-order chi connectivity index (χ1) is 31.2. The largest absolute Gasteiger partial charge is 0.492 e. The van der Waals surface area contributed by atoms with Crippen LogP contribution in [0.25, 0.3) is 44.5 Å². The predicted octanol–water partition coefficient (Wildman–Crippen LogP) is 14.7. The van der Waals surface area contributed by atoms with Gasteiger partial charge in [-0.3, -0.25) is 0 Å². The van der Waals surface area contributed by atoms with Gasteiger partial charge in [0.25, 0.3) is 5.95 Å². The Morgan fingerprint density at radius 1 is 0.508 bits per heavy atom. The van der Waals surface area contributed by atoms with E-state index in [4.69, 9.17) is 38.9 Å². The molecule has 0 aliphatic carbocycles. The van der Waals surface area contributed by atoms with Crippen molar-refractivity contribution in [3.63, 3.8) is 0 Å². The number of ether oxygens (including phenoxy) is 4. The molecule has 8 nitrogen and oxygen atoms in total. The van der Waals surface area contributed by atoms with Crippen LogP contribution >= 0.6 is 0 Å². The van der Waals surface area contributed by atoms with Gasteiger partial charge >= 0.3 is 0 Å². The standard InChI is InChI=1S/C55H40N4O4/c1-2-60-47-31-15-27-43(39-19-7-3-8-20-39)52(47)56-37-58-54-45(41-23-11-5-12-24-41)29-17-33-49(54)62-51-35-36-61-48-32-16-28-44(40-21-9-4-10-22-40)53(48)57-38-59-55-46(30-18-34-50(55)63-51)42-25-13-6-14-26-42/h3-35H,2,36H2,1H3/b51-35-. The van der Waals surface area contributed by atoms with Gasteiger partial charge in [-0.1, -0.05) is 170 Å². The molecule has 8 heteroatoms. The second-order valence-corrected chi connectivity index (χ2v) is 14.2. The molecular formula is C55H40N4O4. The molecule has 0 spiro atoms. The van der Waals surface area contributed by atoms with Gasteiger partial charge in [-0.2, -0.15) is 20.0 Å². The smallest absolute Gasteiger partial charge is 0.289 e. The van der Waals surface area contributed by atoms with E-state index in [1.807, 2.05) is 201 Å². The third kappa shape index (κ3) is 9.14. The summed E-state index contributed by atoms with van der Waals surface area (Å²) in [6.07, 6.45) is 1.74. The van der Waals surface area contributed by atoms with E-state index in [2.05, 4.69) is 12.0 Å². The Balaban J connectivity index is 1.17. The van der Waals surface area contributed by atoms with Gasteiger partial charge in [0, 0.05) is 28.3 Å². The van der Waals surface area contributed by atoms with Crippen molar-refractivity contribution in [2.24, 2.45) is 20.0 Å². The van der Waals surface area contributed by atoms with Gasteiger partial charge in [0.05, 0.1) is 6.61 Å². The predicted molar refractivity (Wildman–Crippen MR) is 252 cm³/mol. The lowest BCUT2D eigenvalue weighted by Gasteiger charge is -2.17. The maximum atomic E-state index is 6.77. The summed E-state index contributed by atoms with van der Waals surface area (Å²) in [5, 5.41) is 0. The molecule has 0 saturated carbocycles. The number of benzene rings is 8. The third-order valence-corrected chi connectivity index (χ3v) is 10.2. The van der Waals surface area contributed by atoms with E-state index >= 15 is 0 Å². The van der Waals surface area contributed by atoms with Crippen molar-refractivity contribution < 1.29 is 18.9 Å². The van der Waals surface area contributed by atoms with E-state index < -0.39 is 0 Å². The SMILES string of the molecule is CCOc1cccc(-c2ccccc2)c1N=C=Nc1c(O/C2=C/COc3cccc(-c4ccccc4)c3N=C=Nc3c(cccc3-c3ccccc3)O2)cccc1-c1ccccc1. The van der Waals surface area contributed by atoms with Crippen LogP contribution in [-0.4, -0.2) is 25.2 Å². The summed E-state index contributed by atoms with van der Waals surface area (Å²) in [6, 6.07) is 69.3. The molecule has 9 rings (SSSR count). The summed E-state index contributed by atoms with van der Waals surface area (Å²) in [5.74, 6) is 2.13. The van der Waals surface area contributed by atoms with Gasteiger partial charge in [0.2, 0.25) is 0 Å². The Labute approximate surface area is 366 Å². The molecule has 304 valence electrons. The number of hydrogen-bond acceptors (Lipinski definition) is 8. The second kappa shape index (κ2) is 19.2. The van der Waals surface area contributed by atoms with Crippen molar-refractivity contribution in [3.05, 3.63) is 206 Å². The Morgan fingerprint density at radius 3 is 1.49 bits per heavy atom. The molecule has 0 bridgehead atoms. The first kappa shape index (κ1) is 39.9. The zero-order chi connectivity index (χ0) is 42.6. The van der Waals surface area contributed by atoms with Crippen LogP contribution in [0.4, 0.5) is 22.7 Å². The highest BCUT2D eigenvalue weighted by molar-refractivity contribution is 5.86. The van der Waals surface area contributed by atoms with E-state index in [9.17, 15) is 0 Å². The molecule has 1 aliphatic heterocycles. The van der Waals surface area contributed by atoms with Crippen molar-refractivity contribution in [2.75, 3.05) is 13.2 Å². The van der Waals surface area contributed by atoms with E-state index in [1.165, 1.54) is 0 Å². The number of rotatable bonds is 10. The third-order valence-electron chi connectivity index (χ3n) is 10.2. The number of hydrogen-bond donors (Lipinski definition) is 0. The highest BCUT2D eigenvalue weighted by Gasteiger charge is 2.19. The molecule has 0 radical (unpaired) electrons. The number of para-hydroxylation sites is 4. The van der Waals surface area contributed by atoms with Gasteiger partial charge in [-0.25, -0.2) is 0 Å². The summed E-state index contributed by atoms with van der Waals surface area (Å²) in [4.78, 5) is 19.3. The van der Waals surface area contributed by atoms with E-state index in [0.29, 0.717) is 52.4 Å². The highest BCUT2D eigenvalue weighted by atomic mass is 16.7. The van der Waals surface area contributed by atoms with E-state index in [0.717, 1.165) is 44.5 Å². The molecule has 0 saturated heterocycles. The topological polar surface area (TPSA) is 86.4 Å². The van der Waals surface area contributed by atoms with Crippen LogP contribution in [0.2, 0.25) is 0 Å². The Morgan fingerprint density at radius 2 is 0.952 bits per heavy atom. The van der Waals surface area contributed by atoms with Crippen molar-refractivity contribution in [2.45, 2.75) is 6.92 Å². The van der Waals surface area contributed by atoms with Gasteiger partial charge in [0.15, 0.2) is 11.5 Å². The van der Waals surface area contributed by atoms with Crippen LogP contribution in [0.5, 0.6) is 23.0 Å². The lowest BCUT2D eigenvalue weighted by Crippen LogP contribution is -2.08. The van der Waals surface area contributed by atoms with Crippen LogP contribution in [0.1, 0.15) is 6.92 Å². The maximum Gasteiger partial charge on any atom is 0.289 e. The molecule has 0 fully saturated rings. The Hall–Kier alpha value is -8.54. The summed E-state index contributed by atoms with van der Waals surface area (Å²) in [6.45, 7) is 2.50. The van der Waals surface area contributed by atoms with Crippen molar-refractivity contribution >= 4 is 34.8 Å². The molecule has 1 aliphatic rings. The zero-order valence-corrected chi connectivity index (χ0v) is 34.4. The number of aliphatic imine (C=N–C) groups is 4. The molecule has 1 heterocycles. The molecule has 0 amide bonds. The molecule has 0 unspecified atom stereocenters. The second-order valence-electron chi connectivity index (χ2n) is 14.2. The molecular weight excluding hydrogens is 781 g/mol. The van der Waals surface area contributed by atoms with Gasteiger partial charge in [0.1, 0.15) is 52.9 Å². The molecule has 0 N–H and O–H groups in total. The monoisotopic (exact) mass is 820 g/mol. The average Bonchev–Trinajstić information content (AvgIpc) is 3.33. The van der Waals surface area contributed by atoms with Crippen molar-refractivity contribution in [1.29, 1.82) is 0 Å². The highest BCUT2D eigenvalue weighted by Crippen LogP contribution is 2.44. The molecule has 0 atom stereocenters. The number of nitrogens with zero attached hydrogens (tertiary/aromatic N) is 4. The first-order valence-electron chi connectivity index (χ1n) is 20.6. The van der Waals surface area contributed by atoms with Crippen LogP contribution < -0.4 is 18.9 Å². The fourth-order valence-corrected chi connectivity index (χ4v) is 7.28. The zero-order valence-electron chi connectivity index (χ0n) is 34.4. The van der Waals surface area contributed by atoms with Gasteiger partial charge in [-0.05, 0) is 53.4 Å². The van der Waals surface area contributed by atoms with Crippen molar-refractivity contribution in [1.82, 2.24) is 0 Å². The molecule has 8 aromatic carbocycles. The fourth-order valence-electron chi connectivity index (χ4n) is 7.28. The number of fused-ring (bicyclic) bond motifs is 2. The minimum absolute atomic E-state index is 0.0792. The minimum atomic E-state index is 0.0792. The van der Waals surface area contributed by atoms with E-state index in [1.54, 1.807) is 6.08 Å². The molecule has 8 aromatic rings. The van der Waals surface area contributed by atoms with Crippen molar-refractivity contribution in [3.8, 4) is 67.5 Å². The summed E-state index contributed by atoms with van der Waals surface area (Å²) < 4.78 is 25.9. The summed E-state index contributed by atoms with van der Waals surface area (Å²) in [5.41, 5.74) is 9.47. The van der Waals surface area contributed by atoms with Gasteiger partial charge in [-0.15, -0.1) is 0 Å². The minimum Gasteiger partial charge on any atom is -0.492 e. The quantitative estimate of drug-likeness (QED) is 0.129. The van der Waals surface area contributed by atoms with Crippen LogP contribution in [0.3, 0.4) is 0 Å². The normalized spacial score (nSPS) is 12.6. The van der Waals surface area contributed by atoms with Crippen LogP contribution in [0, 0.1) is 0 Å². The molecule has 0 aromatic heterocycles. The van der Waals surface area contributed by atoms with Gasteiger partial charge < -0.3 is 18.9 Å². The Bertz CT molecular complexity index is 3030. The average molecular weight is 821 g/mol. The lowest BCUT2D eigenvalue weighted by molar-refractivity contribution is 0.220. The first-order valence-corrected chi connectivity index (χ1v) is 20.6. The fraction of sp³-hybridized carbons (Fsp3) is 0.0545. The summed E-state index contributed by atoms with van der Waals surface area (Å²) in [7, 11) is 0. The lowest BCUT2D eigenvalue weighted by atomic mass is 10.0. The molecule has 63 heavy (non-hydrogen) atoms. The van der Waals surface area contributed by atoms with Crippen LogP contribution in [-0.2, 0) is 0 Å². The van der Waals surface area contributed by atoms with E-state index in [-0.39, 0.29) is 12.6 Å². The Kier molecular flexibility index (Phi) is 12.2. The van der Waals surface area contributed by atoms with Crippen LogP contribution in [0.15, 0.2) is 226 Å². The summed E-state index contributed by atoms with van der Waals surface area (Å²) >= 11 is 0. The maximum absolute atomic E-state index is 6.77.